The smallest absolute Gasteiger partial charge is 0.120 e. The largest absolute Gasteiger partial charge is 0.489 e. The first kappa shape index (κ1) is 20.8. The van der Waals surface area contributed by atoms with E-state index in [9.17, 15) is 0 Å². The maximum Gasteiger partial charge on any atom is 0.120 e. The Morgan fingerprint density at radius 1 is 0.781 bits per heavy atom. The summed E-state index contributed by atoms with van der Waals surface area (Å²) in [6.45, 7) is 1.60. The van der Waals surface area contributed by atoms with Gasteiger partial charge in [0.25, 0.3) is 0 Å². The first-order valence-electron chi connectivity index (χ1n) is 11.1. The number of anilines is 1. The molecular weight excluding hydrogens is 458 g/mol. The predicted molar refractivity (Wildman–Crippen MR) is 135 cm³/mol. The Labute approximate surface area is 198 Å². The summed E-state index contributed by atoms with van der Waals surface area (Å²) in [5.74, 6) is 0.947. The maximum atomic E-state index is 6.12. The molecule has 0 amide bonds. The number of fused-ring (bicyclic) bond motifs is 1. The van der Waals surface area contributed by atoms with Crippen LogP contribution in [0.4, 0.5) is 5.69 Å². The molecule has 1 unspecified atom stereocenters. The number of halogens is 1. The summed E-state index contributed by atoms with van der Waals surface area (Å²) in [7, 11) is 0. The van der Waals surface area contributed by atoms with Crippen LogP contribution in [-0.4, -0.2) is 6.54 Å². The highest BCUT2D eigenvalue weighted by atomic mass is 79.9. The molecule has 160 valence electrons. The highest BCUT2D eigenvalue weighted by molar-refractivity contribution is 9.10. The van der Waals surface area contributed by atoms with Crippen molar-refractivity contribution >= 4 is 21.6 Å². The third-order valence-corrected chi connectivity index (χ3v) is 6.68. The van der Waals surface area contributed by atoms with E-state index in [1.165, 1.54) is 27.9 Å². The molecule has 4 aromatic carbocycles. The Bertz CT molecular complexity index is 1160. The Balaban J connectivity index is 1.43. The fourth-order valence-corrected chi connectivity index (χ4v) is 4.78. The fraction of sp³-hybridized carbons (Fsp3) is 0.172. The van der Waals surface area contributed by atoms with E-state index in [4.69, 9.17) is 4.74 Å². The average molecular weight is 484 g/mol. The molecule has 0 bridgehead atoms. The molecule has 3 heteroatoms. The standard InChI is InChI=1S/C29H26BrNO/c30-25-13-11-22(12-14-25)19-29-28-16-15-27(32-21-23-7-3-1-4-8-23)20-24(28)17-18-31(29)26-9-5-2-6-10-26/h1-16,20,29H,17-19,21H2. The minimum atomic E-state index is 0.297. The van der Waals surface area contributed by atoms with E-state index in [1.54, 1.807) is 0 Å². The highest BCUT2D eigenvalue weighted by Gasteiger charge is 2.28. The van der Waals surface area contributed by atoms with Gasteiger partial charge < -0.3 is 9.64 Å². The van der Waals surface area contributed by atoms with Crippen LogP contribution in [0.25, 0.3) is 0 Å². The van der Waals surface area contributed by atoms with Crippen molar-refractivity contribution in [1.82, 2.24) is 0 Å². The topological polar surface area (TPSA) is 12.5 Å². The Morgan fingerprint density at radius 2 is 1.50 bits per heavy atom. The summed E-state index contributed by atoms with van der Waals surface area (Å²) in [6, 6.07) is 36.8. The van der Waals surface area contributed by atoms with Crippen molar-refractivity contribution in [2.75, 3.05) is 11.4 Å². The molecule has 1 aliphatic heterocycles. The number of ether oxygens (including phenoxy) is 1. The van der Waals surface area contributed by atoms with Gasteiger partial charge in [0.15, 0.2) is 0 Å². The van der Waals surface area contributed by atoms with Crippen molar-refractivity contribution in [2.45, 2.75) is 25.5 Å². The lowest BCUT2D eigenvalue weighted by molar-refractivity contribution is 0.305. The molecule has 0 aliphatic carbocycles. The molecule has 0 fully saturated rings. The number of para-hydroxylation sites is 1. The van der Waals surface area contributed by atoms with Crippen molar-refractivity contribution in [3.05, 3.63) is 130 Å². The third kappa shape index (κ3) is 4.73. The van der Waals surface area contributed by atoms with Gasteiger partial charge in [0.2, 0.25) is 0 Å². The summed E-state index contributed by atoms with van der Waals surface area (Å²) < 4.78 is 7.23. The molecule has 1 atom stereocenters. The van der Waals surface area contributed by atoms with E-state index in [0.29, 0.717) is 12.6 Å². The van der Waals surface area contributed by atoms with E-state index in [1.807, 2.05) is 6.07 Å². The number of benzene rings is 4. The highest BCUT2D eigenvalue weighted by Crippen LogP contribution is 2.37. The molecule has 4 aromatic rings. The van der Waals surface area contributed by atoms with Crippen LogP contribution in [0.15, 0.2) is 108 Å². The van der Waals surface area contributed by atoms with Crippen molar-refractivity contribution in [1.29, 1.82) is 0 Å². The van der Waals surface area contributed by atoms with E-state index < -0.39 is 0 Å². The molecule has 0 radical (unpaired) electrons. The molecule has 0 saturated heterocycles. The van der Waals surface area contributed by atoms with Crippen molar-refractivity contribution in [3.8, 4) is 5.75 Å². The van der Waals surface area contributed by atoms with Crippen LogP contribution in [0, 0.1) is 0 Å². The lowest BCUT2D eigenvalue weighted by Crippen LogP contribution is -2.36. The quantitative estimate of drug-likeness (QED) is 0.283. The zero-order valence-electron chi connectivity index (χ0n) is 18.0. The van der Waals surface area contributed by atoms with Gasteiger partial charge in [-0.05, 0) is 71.5 Å². The first-order chi connectivity index (χ1) is 15.8. The second-order valence-corrected chi connectivity index (χ2v) is 9.18. The number of hydrogen-bond acceptors (Lipinski definition) is 2. The average Bonchev–Trinajstić information content (AvgIpc) is 2.85. The molecule has 5 rings (SSSR count). The van der Waals surface area contributed by atoms with Crippen molar-refractivity contribution in [3.63, 3.8) is 0 Å². The van der Waals surface area contributed by atoms with Crippen LogP contribution in [0.1, 0.15) is 28.3 Å². The van der Waals surface area contributed by atoms with Gasteiger partial charge in [-0.1, -0.05) is 82.7 Å². The Kier molecular flexibility index (Phi) is 6.27. The van der Waals surface area contributed by atoms with Gasteiger partial charge in [0.1, 0.15) is 12.4 Å². The summed E-state index contributed by atoms with van der Waals surface area (Å²) >= 11 is 3.56. The second kappa shape index (κ2) is 9.62. The third-order valence-electron chi connectivity index (χ3n) is 6.15. The van der Waals surface area contributed by atoms with Crippen LogP contribution in [-0.2, 0) is 19.4 Å². The maximum absolute atomic E-state index is 6.12. The summed E-state index contributed by atoms with van der Waals surface area (Å²) in [5.41, 5.74) is 6.61. The summed E-state index contributed by atoms with van der Waals surface area (Å²) in [4.78, 5) is 2.55. The molecule has 0 spiro atoms. The van der Waals surface area contributed by atoms with Crippen LogP contribution >= 0.6 is 15.9 Å². The molecule has 1 aliphatic rings. The second-order valence-electron chi connectivity index (χ2n) is 8.26. The fourth-order valence-electron chi connectivity index (χ4n) is 4.51. The number of rotatable bonds is 6. The molecule has 0 saturated carbocycles. The lowest BCUT2D eigenvalue weighted by atomic mass is 9.88. The first-order valence-corrected chi connectivity index (χ1v) is 11.9. The van der Waals surface area contributed by atoms with Crippen LogP contribution in [0.5, 0.6) is 5.75 Å². The Hall–Kier alpha value is -3.04. The van der Waals surface area contributed by atoms with Crippen molar-refractivity contribution in [2.24, 2.45) is 0 Å². The van der Waals surface area contributed by atoms with E-state index in [2.05, 4.69) is 118 Å². The number of nitrogens with zero attached hydrogens (tertiary/aromatic N) is 1. The summed E-state index contributed by atoms with van der Waals surface area (Å²) in [6.07, 6.45) is 1.99. The zero-order chi connectivity index (χ0) is 21.8. The van der Waals surface area contributed by atoms with Crippen LogP contribution < -0.4 is 9.64 Å². The van der Waals surface area contributed by atoms with Crippen LogP contribution in [0.2, 0.25) is 0 Å². The normalized spacial score (nSPS) is 15.3. The minimum Gasteiger partial charge on any atom is -0.489 e. The molecular formula is C29H26BrNO. The van der Waals surface area contributed by atoms with Gasteiger partial charge in [-0.2, -0.15) is 0 Å². The monoisotopic (exact) mass is 483 g/mol. The molecule has 0 N–H and O–H groups in total. The van der Waals surface area contributed by atoms with Gasteiger partial charge >= 0.3 is 0 Å². The zero-order valence-corrected chi connectivity index (χ0v) is 19.5. The van der Waals surface area contributed by atoms with Gasteiger partial charge in [-0.25, -0.2) is 0 Å². The Morgan fingerprint density at radius 3 is 2.25 bits per heavy atom. The molecule has 0 aromatic heterocycles. The van der Waals surface area contributed by atoms with Gasteiger partial charge in [-0.3, -0.25) is 0 Å². The lowest BCUT2D eigenvalue weighted by Gasteiger charge is -2.39. The van der Waals surface area contributed by atoms with E-state index >= 15 is 0 Å². The van der Waals surface area contributed by atoms with E-state index in [0.717, 1.165) is 29.6 Å². The minimum absolute atomic E-state index is 0.297. The predicted octanol–water partition coefficient (Wildman–Crippen LogP) is 7.37. The number of hydrogen-bond donors (Lipinski definition) is 0. The van der Waals surface area contributed by atoms with E-state index in [-0.39, 0.29) is 0 Å². The summed E-state index contributed by atoms with van der Waals surface area (Å²) in [5, 5.41) is 0. The molecule has 32 heavy (non-hydrogen) atoms. The van der Waals surface area contributed by atoms with Crippen LogP contribution in [0.3, 0.4) is 0 Å². The van der Waals surface area contributed by atoms with Gasteiger partial charge in [0.05, 0.1) is 6.04 Å². The van der Waals surface area contributed by atoms with Crippen molar-refractivity contribution < 1.29 is 4.74 Å². The van der Waals surface area contributed by atoms with Gasteiger partial charge in [0, 0.05) is 16.7 Å². The molecule has 2 nitrogen and oxygen atoms in total. The molecule has 1 heterocycles. The SMILES string of the molecule is Brc1ccc(CC2c3ccc(OCc4ccccc4)cc3CCN2c2ccccc2)cc1. The van der Waals surface area contributed by atoms with Gasteiger partial charge in [-0.15, -0.1) is 0 Å².